The SMILES string of the molecule is Cc1nsc2c1[C@@H](c1ccc(Sc3nncn3C)o1)CC(=O)N2. The Hall–Kier alpha value is -2.13. The Labute approximate surface area is 140 Å². The van der Waals surface area contributed by atoms with Crippen LogP contribution in [0.5, 0.6) is 0 Å². The van der Waals surface area contributed by atoms with Crippen molar-refractivity contribution in [3.63, 3.8) is 0 Å². The molecule has 0 fully saturated rings. The molecule has 0 saturated heterocycles. The first-order valence-corrected chi connectivity index (χ1v) is 8.58. The summed E-state index contributed by atoms with van der Waals surface area (Å²) in [6.07, 6.45) is 2.01. The highest BCUT2D eigenvalue weighted by atomic mass is 32.2. The smallest absolute Gasteiger partial charge is 0.226 e. The predicted molar refractivity (Wildman–Crippen MR) is 85.8 cm³/mol. The molecule has 3 aromatic heterocycles. The third-order valence-corrected chi connectivity index (χ3v) is 5.55. The summed E-state index contributed by atoms with van der Waals surface area (Å²) in [5.74, 6) is 0.672. The van der Waals surface area contributed by atoms with Gasteiger partial charge in [-0.2, -0.15) is 4.37 Å². The summed E-state index contributed by atoms with van der Waals surface area (Å²) in [6.45, 7) is 1.96. The molecule has 1 atom stereocenters. The van der Waals surface area contributed by atoms with Gasteiger partial charge in [-0.15, -0.1) is 10.2 Å². The van der Waals surface area contributed by atoms with Crippen LogP contribution < -0.4 is 5.32 Å². The fourth-order valence-electron chi connectivity index (χ4n) is 2.62. The standard InChI is InChI=1S/C14H13N5O2S2/c1-7-12-8(5-10(20)16-13(12)23-18-7)9-3-4-11(21-9)22-14-17-15-6-19(14)2/h3-4,6,8H,5H2,1-2H3,(H,16,20)/t8-/m1/s1. The number of furan rings is 1. The van der Waals surface area contributed by atoms with Crippen molar-refractivity contribution in [1.82, 2.24) is 19.1 Å². The van der Waals surface area contributed by atoms with E-state index < -0.39 is 0 Å². The molecule has 0 aromatic carbocycles. The maximum atomic E-state index is 11.9. The van der Waals surface area contributed by atoms with Crippen molar-refractivity contribution in [1.29, 1.82) is 0 Å². The van der Waals surface area contributed by atoms with Crippen molar-refractivity contribution in [2.45, 2.75) is 29.5 Å². The highest BCUT2D eigenvalue weighted by molar-refractivity contribution is 7.99. The van der Waals surface area contributed by atoms with Gasteiger partial charge in [-0.3, -0.25) is 4.79 Å². The van der Waals surface area contributed by atoms with E-state index in [1.54, 1.807) is 6.33 Å². The van der Waals surface area contributed by atoms with Gasteiger partial charge in [0.05, 0.1) is 11.6 Å². The van der Waals surface area contributed by atoms with Crippen molar-refractivity contribution in [2.24, 2.45) is 7.05 Å². The van der Waals surface area contributed by atoms with Crippen LogP contribution in [0.2, 0.25) is 0 Å². The number of nitrogens with one attached hydrogen (secondary N) is 1. The van der Waals surface area contributed by atoms with Crippen LogP contribution in [0.3, 0.4) is 0 Å². The zero-order valence-corrected chi connectivity index (χ0v) is 14.1. The van der Waals surface area contributed by atoms with Crippen molar-refractivity contribution >= 4 is 34.2 Å². The Morgan fingerprint density at radius 3 is 3.13 bits per heavy atom. The van der Waals surface area contributed by atoms with Crippen molar-refractivity contribution in [2.75, 3.05) is 5.32 Å². The van der Waals surface area contributed by atoms with Gasteiger partial charge >= 0.3 is 0 Å². The number of amides is 1. The van der Waals surface area contributed by atoms with E-state index >= 15 is 0 Å². The average Bonchev–Trinajstić information content (AvgIpc) is 3.22. The normalized spacial score (nSPS) is 17.1. The van der Waals surface area contributed by atoms with Crippen LogP contribution in [-0.4, -0.2) is 25.0 Å². The number of carbonyl (C=O) groups excluding carboxylic acids is 1. The van der Waals surface area contributed by atoms with Crippen LogP contribution in [0, 0.1) is 6.92 Å². The van der Waals surface area contributed by atoms with Crippen LogP contribution in [-0.2, 0) is 11.8 Å². The molecule has 1 aliphatic heterocycles. The van der Waals surface area contributed by atoms with E-state index in [2.05, 4.69) is 19.9 Å². The second-order valence-corrected chi connectivity index (χ2v) is 7.04. The number of carbonyl (C=O) groups is 1. The van der Waals surface area contributed by atoms with Gasteiger partial charge < -0.3 is 14.3 Å². The summed E-state index contributed by atoms with van der Waals surface area (Å²) in [7, 11) is 1.88. The molecule has 0 radical (unpaired) electrons. The van der Waals surface area contributed by atoms with Gasteiger partial charge in [0.25, 0.3) is 0 Å². The maximum absolute atomic E-state index is 11.9. The molecule has 118 valence electrons. The Bertz CT molecular complexity index is 882. The molecule has 0 spiro atoms. The largest absolute Gasteiger partial charge is 0.454 e. The number of hydrogen-bond donors (Lipinski definition) is 1. The van der Waals surface area contributed by atoms with E-state index in [1.807, 2.05) is 30.7 Å². The topological polar surface area (TPSA) is 85.8 Å². The maximum Gasteiger partial charge on any atom is 0.226 e. The van der Waals surface area contributed by atoms with Crippen LogP contribution in [0.4, 0.5) is 5.00 Å². The quantitative estimate of drug-likeness (QED) is 0.784. The monoisotopic (exact) mass is 347 g/mol. The van der Waals surface area contributed by atoms with Gasteiger partial charge in [0.15, 0.2) is 10.2 Å². The van der Waals surface area contributed by atoms with E-state index in [4.69, 9.17) is 4.42 Å². The van der Waals surface area contributed by atoms with Crippen molar-refractivity contribution in [3.8, 4) is 0 Å². The first-order chi connectivity index (χ1) is 11.1. The van der Waals surface area contributed by atoms with E-state index in [0.717, 1.165) is 32.3 Å². The van der Waals surface area contributed by atoms with Crippen molar-refractivity contribution in [3.05, 3.63) is 35.5 Å². The predicted octanol–water partition coefficient (Wildman–Crippen LogP) is 2.80. The lowest BCUT2D eigenvalue weighted by Gasteiger charge is -2.20. The summed E-state index contributed by atoms with van der Waals surface area (Å²) in [5, 5.41) is 13.1. The number of nitrogens with zero attached hydrogens (tertiary/aromatic N) is 4. The third-order valence-electron chi connectivity index (χ3n) is 3.71. The summed E-state index contributed by atoms with van der Waals surface area (Å²) < 4.78 is 12.1. The van der Waals surface area contributed by atoms with Crippen LogP contribution in [0.15, 0.2) is 33.1 Å². The zero-order valence-electron chi connectivity index (χ0n) is 12.4. The number of rotatable bonds is 3. The highest BCUT2D eigenvalue weighted by Crippen LogP contribution is 2.42. The molecule has 7 nitrogen and oxygen atoms in total. The molecule has 4 rings (SSSR count). The molecule has 23 heavy (non-hydrogen) atoms. The molecule has 1 aliphatic rings. The van der Waals surface area contributed by atoms with Crippen LogP contribution >= 0.6 is 23.3 Å². The second kappa shape index (κ2) is 5.50. The Balaban J connectivity index is 1.65. The summed E-state index contributed by atoms with van der Waals surface area (Å²) in [4.78, 5) is 11.9. The highest BCUT2D eigenvalue weighted by Gasteiger charge is 2.32. The minimum absolute atomic E-state index is 0.00921. The molecular weight excluding hydrogens is 334 g/mol. The molecule has 9 heteroatoms. The Morgan fingerprint density at radius 1 is 1.48 bits per heavy atom. The first-order valence-electron chi connectivity index (χ1n) is 6.99. The lowest BCUT2D eigenvalue weighted by molar-refractivity contribution is -0.116. The minimum atomic E-state index is -0.0913. The van der Waals surface area contributed by atoms with Crippen LogP contribution in [0.25, 0.3) is 0 Å². The van der Waals surface area contributed by atoms with Gasteiger partial charge in [0.2, 0.25) is 5.91 Å². The van der Waals surface area contributed by atoms with Gasteiger partial charge in [-0.25, -0.2) is 0 Å². The fourth-order valence-corrected chi connectivity index (χ4v) is 4.22. The number of anilines is 1. The summed E-state index contributed by atoms with van der Waals surface area (Å²) in [6, 6.07) is 3.82. The van der Waals surface area contributed by atoms with Gasteiger partial charge in [0, 0.05) is 19.0 Å². The Morgan fingerprint density at radius 2 is 2.35 bits per heavy atom. The Kier molecular flexibility index (Phi) is 3.46. The molecule has 3 aromatic rings. The molecule has 1 amide bonds. The number of aromatic nitrogens is 4. The molecular formula is C14H13N5O2S2. The lowest BCUT2D eigenvalue weighted by atomic mass is 9.90. The van der Waals surface area contributed by atoms with E-state index in [0.29, 0.717) is 6.42 Å². The first kappa shape index (κ1) is 14.5. The minimum Gasteiger partial charge on any atom is -0.454 e. The molecule has 0 aliphatic carbocycles. The van der Waals surface area contributed by atoms with E-state index in [9.17, 15) is 4.79 Å². The van der Waals surface area contributed by atoms with Gasteiger partial charge in [-0.1, -0.05) is 0 Å². The number of hydrogen-bond acceptors (Lipinski definition) is 7. The third kappa shape index (κ3) is 2.55. The van der Waals surface area contributed by atoms with Gasteiger partial charge in [0.1, 0.15) is 17.1 Å². The number of fused-ring (bicyclic) bond motifs is 1. The van der Waals surface area contributed by atoms with E-state index in [1.165, 1.54) is 23.3 Å². The van der Waals surface area contributed by atoms with Crippen LogP contribution in [0.1, 0.15) is 29.4 Å². The molecule has 1 N–H and O–H groups in total. The lowest BCUT2D eigenvalue weighted by Crippen LogP contribution is -2.22. The van der Waals surface area contributed by atoms with Crippen molar-refractivity contribution < 1.29 is 9.21 Å². The summed E-state index contributed by atoms with van der Waals surface area (Å²) >= 11 is 2.72. The zero-order chi connectivity index (χ0) is 16.0. The molecule has 0 unspecified atom stereocenters. The van der Waals surface area contributed by atoms with Gasteiger partial charge in [-0.05, 0) is 42.4 Å². The molecule has 4 heterocycles. The second-order valence-electron chi connectivity index (χ2n) is 5.30. The molecule has 0 saturated carbocycles. The number of aryl methyl sites for hydroxylation is 2. The van der Waals surface area contributed by atoms with E-state index in [-0.39, 0.29) is 11.8 Å². The fraction of sp³-hybridized carbons (Fsp3) is 0.286. The molecule has 0 bridgehead atoms. The average molecular weight is 347 g/mol. The summed E-state index contributed by atoms with van der Waals surface area (Å²) in [5.41, 5.74) is 1.99.